The molecule has 0 bridgehead atoms. The van der Waals surface area contributed by atoms with Gasteiger partial charge in [-0.05, 0) is 33.6 Å². The summed E-state index contributed by atoms with van der Waals surface area (Å²) in [5, 5.41) is 0. The summed E-state index contributed by atoms with van der Waals surface area (Å²) in [5.74, 6) is 0.766. The van der Waals surface area contributed by atoms with Crippen LogP contribution in [0.15, 0.2) is 0 Å². The number of nitrogen functional groups attached to an aromatic ring is 1. The van der Waals surface area contributed by atoms with Crippen molar-refractivity contribution in [1.82, 2.24) is 9.55 Å². The Labute approximate surface area is 94.6 Å². The Kier molecular flexibility index (Phi) is 2.40. The lowest BCUT2D eigenvalue weighted by Crippen LogP contribution is -2.17. The summed E-state index contributed by atoms with van der Waals surface area (Å²) >= 11 is 0. The molecule has 1 aliphatic rings. The molecule has 1 aromatic rings. The van der Waals surface area contributed by atoms with Crippen LogP contribution >= 0.6 is 0 Å². The van der Waals surface area contributed by atoms with E-state index in [1.807, 2.05) is 11.5 Å². The van der Waals surface area contributed by atoms with Crippen LogP contribution in [-0.4, -0.2) is 22.1 Å². The standard InChI is InChI=1S/C11H17N3O2/c1-4-16-10(15)8-9(12)14(7(2)13-8)11(3)5-6-11/h4-6,12H2,1-3H3. The molecule has 5 nitrogen and oxygen atoms in total. The van der Waals surface area contributed by atoms with E-state index < -0.39 is 5.97 Å². The van der Waals surface area contributed by atoms with Crippen LogP contribution in [0.4, 0.5) is 5.82 Å². The molecule has 0 amide bonds. The Balaban J connectivity index is 2.39. The average molecular weight is 223 g/mol. The topological polar surface area (TPSA) is 70.1 Å². The second-order valence-electron chi connectivity index (χ2n) is 4.45. The zero-order chi connectivity index (χ0) is 11.9. The molecule has 0 aliphatic heterocycles. The number of carbonyl (C=O) groups excluding carboxylic acids is 1. The van der Waals surface area contributed by atoms with E-state index in [0.29, 0.717) is 12.4 Å². The van der Waals surface area contributed by atoms with Gasteiger partial charge in [0.1, 0.15) is 11.6 Å². The van der Waals surface area contributed by atoms with Crippen LogP contribution < -0.4 is 5.73 Å². The number of imidazole rings is 1. The number of nitrogens with zero attached hydrogens (tertiary/aromatic N) is 2. The molecule has 1 saturated carbocycles. The van der Waals surface area contributed by atoms with Gasteiger partial charge in [-0.15, -0.1) is 0 Å². The maximum absolute atomic E-state index is 11.6. The first-order valence-electron chi connectivity index (χ1n) is 5.52. The highest BCUT2D eigenvalue weighted by Crippen LogP contribution is 2.45. The maximum atomic E-state index is 11.6. The Bertz CT molecular complexity index is 433. The highest BCUT2D eigenvalue weighted by molar-refractivity contribution is 5.92. The summed E-state index contributed by atoms with van der Waals surface area (Å²) in [6.45, 7) is 6.08. The lowest BCUT2D eigenvalue weighted by molar-refractivity contribution is 0.0521. The van der Waals surface area contributed by atoms with Crippen LogP contribution in [0.3, 0.4) is 0 Å². The summed E-state index contributed by atoms with van der Waals surface area (Å²) < 4.78 is 6.86. The van der Waals surface area contributed by atoms with Crippen molar-refractivity contribution < 1.29 is 9.53 Å². The summed E-state index contributed by atoms with van der Waals surface area (Å²) in [4.78, 5) is 15.8. The number of ether oxygens (including phenoxy) is 1. The first kappa shape index (κ1) is 11.0. The van der Waals surface area contributed by atoms with Gasteiger partial charge in [-0.3, -0.25) is 0 Å². The highest BCUT2D eigenvalue weighted by Gasteiger charge is 2.42. The van der Waals surface area contributed by atoms with E-state index in [0.717, 1.165) is 18.7 Å². The molecule has 88 valence electrons. The minimum atomic E-state index is -0.439. The molecule has 1 aliphatic carbocycles. The fraction of sp³-hybridized carbons (Fsp3) is 0.636. The van der Waals surface area contributed by atoms with Crippen LogP contribution in [0.2, 0.25) is 0 Å². The minimum Gasteiger partial charge on any atom is -0.461 e. The van der Waals surface area contributed by atoms with Gasteiger partial charge in [-0.2, -0.15) is 0 Å². The average Bonchev–Trinajstić information content (AvgIpc) is 2.85. The summed E-state index contributed by atoms with van der Waals surface area (Å²) in [6.07, 6.45) is 2.16. The number of nitrogens with two attached hydrogens (primary N) is 1. The molecule has 1 fully saturated rings. The van der Waals surface area contributed by atoms with Crippen LogP contribution in [0.25, 0.3) is 0 Å². The Morgan fingerprint density at radius 1 is 1.62 bits per heavy atom. The van der Waals surface area contributed by atoms with Gasteiger partial charge in [0.2, 0.25) is 0 Å². The molecule has 1 heterocycles. The van der Waals surface area contributed by atoms with Gasteiger partial charge in [0.25, 0.3) is 0 Å². The second-order valence-corrected chi connectivity index (χ2v) is 4.45. The molecular formula is C11H17N3O2. The van der Waals surface area contributed by atoms with Crippen molar-refractivity contribution in [2.75, 3.05) is 12.3 Å². The number of rotatable bonds is 3. The molecule has 0 saturated heterocycles. The molecule has 0 unspecified atom stereocenters. The Morgan fingerprint density at radius 2 is 2.25 bits per heavy atom. The van der Waals surface area contributed by atoms with Crippen LogP contribution in [0.1, 0.15) is 43.0 Å². The Morgan fingerprint density at radius 3 is 2.75 bits per heavy atom. The van der Waals surface area contributed by atoms with Gasteiger partial charge in [0.15, 0.2) is 5.69 Å². The van der Waals surface area contributed by atoms with Gasteiger partial charge in [0, 0.05) is 5.54 Å². The van der Waals surface area contributed by atoms with Crippen molar-refractivity contribution >= 4 is 11.8 Å². The summed E-state index contributed by atoms with van der Waals surface area (Å²) in [6, 6.07) is 0. The number of esters is 1. The number of aromatic nitrogens is 2. The second kappa shape index (κ2) is 3.50. The molecular weight excluding hydrogens is 206 g/mol. The van der Waals surface area contributed by atoms with Gasteiger partial charge < -0.3 is 15.0 Å². The van der Waals surface area contributed by atoms with Crippen molar-refractivity contribution in [3.8, 4) is 0 Å². The van der Waals surface area contributed by atoms with Crippen LogP contribution in [0.5, 0.6) is 0 Å². The molecule has 0 atom stereocenters. The van der Waals surface area contributed by atoms with E-state index in [-0.39, 0.29) is 11.2 Å². The summed E-state index contributed by atoms with van der Waals surface area (Å²) in [5.41, 5.74) is 6.25. The van der Waals surface area contributed by atoms with E-state index >= 15 is 0 Å². The number of anilines is 1. The van der Waals surface area contributed by atoms with E-state index in [1.54, 1.807) is 6.92 Å². The molecule has 0 radical (unpaired) electrons. The van der Waals surface area contributed by atoms with E-state index in [4.69, 9.17) is 10.5 Å². The first-order chi connectivity index (χ1) is 7.49. The van der Waals surface area contributed by atoms with Crippen LogP contribution in [-0.2, 0) is 10.3 Å². The third-order valence-electron chi connectivity index (χ3n) is 3.06. The third kappa shape index (κ3) is 1.56. The first-order valence-corrected chi connectivity index (χ1v) is 5.52. The molecule has 2 rings (SSSR count). The van der Waals surface area contributed by atoms with Crippen LogP contribution in [0, 0.1) is 6.92 Å². The van der Waals surface area contributed by atoms with Gasteiger partial charge in [-0.1, -0.05) is 0 Å². The highest BCUT2D eigenvalue weighted by atomic mass is 16.5. The zero-order valence-corrected chi connectivity index (χ0v) is 9.91. The van der Waals surface area contributed by atoms with E-state index in [2.05, 4.69) is 11.9 Å². The fourth-order valence-electron chi connectivity index (χ4n) is 1.98. The van der Waals surface area contributed by atoms with Gasteiger partial charge in [-0.25, -0.2) is 9.78 Å². The normalized spacial score (nSPS) is 17.2. The number of hydrogen-bond acceptors (Lipinski definition) is 4. The minimum absolute atomic E-state index is 0.0475. The molecule has 16 heavy (non-hydrogen) atoms. The van der Waals surface area contributed by atoms with Crippen molar-refractivity contribution in [3.63, 3.8) is 0 Å². The third-order valence-corrected chi connectivity index (χ3v) is 3.06. The number of hydrogen-bond donors (Lipinski definition) is 1. The van der Waals surface area contributed by atoms with E-state index in [1.165, 1.54) is 0 Å². The molecule has 0 aromatic carbocycles. The number of carbonyl (C=O) groups is 1. The SMILES string of the molecule is CCOC(=O)c1nc(C)n(C2(C)CC2)c1N. The lowest BCUT2D eigenvalue weighted by atomic mass is 10.3. The van der Waals surface area contributed by atoms with Gasteiger partial charge in [0.05, 0.1) is 6.61 Å². The predicted octanol–water partition coefficient (Wildman–Crippen LogP) is 1.46. The zero-order valence-electron chi connectivity index (χ0n) is 9.91. The predicted molar refractivity (Wildman–Crippen MR) is 60.2 cm³/mol. The fourth-order valence-corrected chi connectivity index (χ4v) is 1.98. The van der Waals surface area contributed by atoms with Crippen molar-refractivity contribution in [2.24, 2.45) is 0 Å². The largest absolute Gasteiger partial charge is 0.461 e. The molecule has 2 N–H and O–H groups in total. The van der Waals surface area contributed by atoms with E-state index in [9.17, 15) is 4.79 Å². The molecule has 5 heteroatoms. The maximum Gasteiger partial charge on any atom is 0.360 e. The monoisotopic (exact) mass is 223 g/mol. The molecule has 1 aromatic heterocycles. The summed E-state index contributed by atoms with van der Waals surface area (Å²) in [7, 11) is 0. The van der Waals surface area contributed by atoms with Crippen molar-refractivity contribution in [1.29, 1.82) is 0 Å². The number of aryl methyl sites for hydroxylation is 1. The quantitative estimate of drug-likeness (QED) is 0.787. The van der Waals surface area contributed by atoms with Gasteiger partial charge >= 0.3 is 5.97 Å². The van der Waals surface area contributed by atoms with Crippen molar-refractivity contribution in [3.05, 3.63) is 11.5 Å². The van der Waals surface area contributed by atoms with Crippen molar-refractivity contribution in [2.45, 2.75) is 39.2 Å². The smallest absolute Gasteiger partial charge is 0.360 e. The Hall–Kier alpha value is -1.52. The molecule has 0 spiro atoms. The lowest BCUT2D eigenvalue weighted by Gasteiger charge is -2.14.